The van der Waals surface area contributed by atoms with E-state index in [-0.39, 0.29) is 36.9 Å². The van der Waals surface area contributed by atoms with Gasteiger partial charge in [-0.1, -0.05) is 61.9 Å². The van der Waals surface area contributed by atoms with Gasteiger partial charge in [-0.2, -0.15) is 0 Å². The number of hydrogen-bond acceptors (Lipinski definition) is 4. The Kier molecular flexibility index (Phi) is 8.06. The van der Waals surface area contributed by atoms with E-state index >= 15 is 0 Å². The molecule has 1 atom stereocenters. The lowest BCUT2D eigenvalue weighted by atomic mass is 9.96. The van der Waals surface area contributed by atoms with Crippen LogP contribution in [0.4, 0.5) is 4.79 Å². The summed E-state index contributed by atoms with van der Waals surface area (Å²) in [4.78, 5) is 37.5. The highest BCUT2D eigenvalue weighted by Gasteiger charge is 2.33. The fourth-order valence-electron chi connectivity index (χ4n) is 5.00. The minimum Gasteiger partial charge on any atom is -0.480 e. The third kappa shape index (κ3) is 6.21. The quantitative estimate of drug-likeness (QED) is 0.457. The molecular weight excluding hydrogens is 444 g/mol. The molecule has 2 aromatic carbocycles. The van der Waals surface area contributed by atoms with Crippen LogP contribution in [0.1, 0.15) is 62.5 Å². The smallest absolute Gasteiger partial charge is 0.407 e. The predicted octanol–water partition coefficient (Wildman–Crippen LogP) is 4.80. The molecule has 2 aliphatic rings. The highest BCUT2D eigenvalue weighted by Crippen LogP contribution is 2.44. The number of ether oxygens (including phenoxy) is 1. The van der Waals surface area contributed by atoms with Gasteiger partial charge >= 0.3 is 12.1 Å². The van der Waals surface area contributed by atoms with Gasteiger partial charge in [0.15, 0.2) is 0 Å². The van der Waals surface area contributed by atoms with Gasteiger partial charge in [0.2, 0.25) is 5.91 Å². The van der Waals surface area contributed by atoms with Gasteiger partial charge in [0, 0.05) is 24.9 Å². The molecule has 4 rings (SSSR count). The van der Waals surface area contributed by atoms with Crippen LogP contribution in [0.2, 0.25) is 0 Å². The summed E-state index contributed by atoms with van der Waals surface area (Å²) in [5, 5.41) is 11.9. The number of alkyl carbamates (subject to hydrolysis) is 1. The second-order valence-corrected chi connectivity index (χ2v) is 9.50. The molecule has 2 aliphatic carbocycles. The second-order valence-electron chi connectivity index (χ2n) is 9.50. The van der Waals surface area contributed by atoms with Crippen LogP contribution < -0.4 is 5.32 Å². The Morgan fingerprint density at radius 1 is 1.03 bits per heavy atom. The largest absolute Gasteiger partial charge is 0.480 e. The summed E-state index contributed by atoms with van der Waals surface area (Å²) >= 11 is 0. The first-order chi connectivity index (χ1) is 17.0. The molecule has 0 aliphatic heterocycles. The van der Waals surface area contributed by atoms with Crippen molar-refractivity contribution in [1.29, 1.82) is 0 Å². The van der Waals surface area contributed by atoms with Crippen LogP contribution in [0.3, 0.4) is 0 Å². The van der Waals surface area contributed by atoms with Crippen LogP contribution in [0.15, 0.2) is 48.5 Å². The summed E-state index contributed by atoms with van der Waals surface area (Å²) in [6, 6.07) is 16.6. The van der Waals surface area contributed by atoms with Crippen molar-refractivity contribution in [3.63, 3.8) is 0 Å². The number of amides is 2. The molecule has 0 saturated heterocycles. The van der Waals surface area contributed by atoms with Crippen molar-refractivity contribution in [1.82, 2.24) is 10.2 Å². The van der Waals surface area contributed by atoms with Crippen LogP contribution in [-0.2, 0) is 14.3 Å². The first kappa shape index (κ1) is 24.8. The minimum absolute atomic E-state index is 0.0303. The molecule has 0 aromatic heterocycles. The van der Waals surface area contributed by atoms with E-state index in [1.807, 2.05) is 24.3 Å². The summed E-state index contributed by atoms with van der Waals surface area (Å²) in [6.45, 7) is 2.61. The Bertz CT molecular complexity index is 1020. The number of aliphatic carboxylic acids is 1. The lowest BCUT2D eigenvalue weighted by Crippen LogP contribution is -2.37. The second kappa shape index (κ2) is 11.4. The van der Waals surface area contributed by atoms with Crippen molar-refractivity contribution in [2.24, 2.45) is 5.92 Å². The van der Waals surface area contributed by atoms with Crippen molar-refractivity contribution in [3.8, 4) is 11.1 Å². The summed E-state index contributed by atoms with van der Waals surface area (Å²) in [6.07, 6.45) is 4.01. The fraction of sp³-hybridized carbons (Fsp3) is 0.464. The fourth-order valence-corrected chi connectivity index (χ4v) is 5.00. The van der Waals surface area contributed by atoms with Gasteiger partial charge in [-0.3, -0.25) is 9.59 Å². The van der Waals surface area contributed by atoms with Gasteiger partial charge in [0.1, 0.15) is 13.2 Å². The zero-order valence-corrected chi connectivity index (χ0v) is 20.2. The molecule has 2 N–H and O–H groups in total. The van der Waals surface area contributed by atoms with E-state index in [1.165, 1.54) is 27.2 Å². The number of rotatable bonds is 12. The molecule has 0 spiro atoms. The van der Waals surface area contributed by atoms with Crippen LogP contribution in [0.25, 0.3) is 11.1 Å². The SMILES string of the molecule is CCC(CCNC(=O)OCC1c2ccccc2-c2ccccc21)CCC(=O)N(CC(=O)O)C1CC1. The lowest BCUT2D eigenvalue weighted by molar-refractivity contribution is -0.145. The van der Waals surface area contributed by atoms with E-state index in [0.717, 1.165) is 25.7 Å². The van der Waals surface area contributed by atoms with E-state index in [9.17, 15) is 14.4 Å². The third-order valence-corrected chi connectivity index (χ3v) is 7.12. The predicted molar refractivity (Wildman–Crippen MR) is 133 cm³/mol. The molecule has 35 heavy (non-hydrogen) atoms. The number of carboxylic acid groups (broad SMARTS) is 1. The molecule has 1 fully saturated rings. The average molecular weight is 479 g/mol. The van der Waals surface area contributed by atoms with Crippen LogP contribution in [-0.4, -0.2) is 53.7 Å². The number of benzene rings is 2. The van der Waals surface area contributed by atoms with E-state index in [4.69, 9.17) is 9.84 Å². The van der Waals surface area contributed by atoms with Gasteiger partial charge in [-0.25, -0.2) is 4.79 Å². The molecule has 7 heteroatoms. The molecule has 1 unspecified atom stereocenters. The Morgan fingerprint density at radius 2 is 1.66 bits per heavy atom. The van der Waals surface area contributed by atoms with Crippen molar-refractivity contribution >= 4 is 18.0 Å². The maximum atomic E-state index is 12.5. The number of hydrogen-bond donors (Lipinski definition) is 2. The number of carbonyl (C=O) groups is 3. The minimum atomic E-state index is -0.968. The Hall–Kier alpha value is -3.35. The normalized spacial score (nSPS) is 15.1. The summed E-state index contributed by atoms with van der Waals surface area (Å²) in [5.41, 5.74) is 4.75. The summed E-state index contributed by atoms with van der Waals surface area (Å²) in [5.74, 6) is -0.746. The maximum Gasteiger partial charge on any atom is 0.407 e. The molecular formula is C28H34N2O5. The third-order valence-electron chi connectivity index (χ3n) is 7.12. The topological polar surface area (TPSA) is 95.9 Å². The molecule has 7 nitrogen and oxygen atoms in total. The Labute approximate surface area is 206 Å². The zero-order chi connectivity index (χ0) is 24.8. The van der Waals surface area contributed by atoms with Crippen LogP contribution >= 0.6 is 0 Å². The zero-order valence-electron chi connectivity index (χ0n) is 20.2. The molecule has 2 aromatic rings. The Balaban J connectivity index is 1.20. The number of carboxylic acids is 1. The van der Waals surface area contributed by atoms with Gasteiger partial charge in [-0.05, 0) is 53.9 Å². The first-order valence-corrected chi connectivity index (χ1v) is 12.6. The Morgan fingerprint density at radius 3 is 2.23 bits per heavy atom. The van der Waals surface area contributed by atoms with Gasteiger partial charge in [-0.15, -0.1) is 0 Å². The number of nitrogens with one attached hydrogen (secondary N) is 1. The average Bonchev–Trinajstić information content (AvgIpc) is 3.65. The molecule has 2 amide bonds. The molecule has 186 valence electrons. The van der Waals surface area contributed by atoms with Crippen molar-refractivity contribution in [3.05, 3.63) is 59.7 Å². The van der Waals surface area contributed by atoms with Crippen molar-refractivity contribution in [2.75, 3.05) is 19.7 Å². The molecule has 0 heterocycles. The maximum absolute atomic E-state index is 12.5. The highest BCUT2D eigenvalue weighted by atomic mass is 16.5. The van der Waals surface area contributed by atoms with E-state index in [0.29, 0.717) is 19.4 Å². The van der Waals surface area contributed by atoms with E-state index < -0.39 is 12.1 Å². The van der Waals surface area contributed by atoms with E-state index in [1.54, 1.807) is 0 Å². The number of carbonyl (C=O) groups excluding carboxylic acids is 2. The van der Waals surface area contributed by atoms with E-state index in [2.05, 4.69) is 36.5 Å². The van der Waals surface area contributed by atoms with Crippen LogP contribution in [0.5, 0.6) is 0 Å². The van der Waals surface area contributed by atoms with Gasteiger partial charge < -0.3 is 20.1 Å². The molecule has 0 radical (unpaired) electrons. The lowest BCUT2D eigenvalue weighted by Gasteiger charge is -2.22. The molecule has 1 saturated carbocycles. The summed E-state index contributed by atoms with van der Waals surface area (Å²) < 4.78 is 5.59. The number of fused-ring (bicyclic) bond motifs is 3. The monoisotopic (exact) mass is 478 g/mol. The summed E-state index contributed by atoms with van der Waals surface area (Å²) in [7, 11) is 0. The van der Waals surface area contributed by atoms with Gasteiger partial charge in [0.25, 0.3) is 0 Å². The first-order valence-electron chi connectivity index (χ1n) is 12.6. The van der Waals surface area contributed by atoms with Crippen molar-refractivity contribution in [2.45, 2.75) is 57.4 Å². The highest BCUT2D eigenvalue weighted by molar-refractivity contribution is 5.82. The van der Waals surface area contributed by atoms with Gasteiger partial charge in [0.05, 0.1) is 0 Å². The van der Waals surface area contributed by atoms with Crippen molar-refractivity contribution < 1.29 is 24.2 Å². The van der Waals surface area contributed by atoms with Crippen LogP contribution in [0, 0.1) is 5.92 Å². The number of nitrogens with zero attached hydrogens (tertiary/aromatic N) is 1. The molecule has 0 bridgehead atoms. The standard InChI is InChI=1S/C28H34N2O5/c1-2-19(11-14-26(31)30(17-27(32)33)20-12-13-20)15-16-29-28(34)35-18-25-23-9-5-3-7-21(23)22-8-4-6-10-24(22)25/h3-10,19-20,25H,2,11-18H2,1H3,(H,29,34)(H,32,33).